The van der Waals surface area contributed by atoms with E-state index in [1.54, 1.807) is 5.48 Å². The van der Waals surface area contributed by atoms with Crippen molar-refractivity contribution in [3.8, 4) is 0 Å². The average Bonchev–Trinajstić information content (AvgIpc) is 1.59. The van der Waals surface area contributed by atoms with E-state index in [0.29, 0.717) is 0 Å². The molecule has 0 rings (SSSR count). The average molecular weight is 208 g/mol. The van der Waals surface area contributed by atoms with E-state index in [1.165, 1.54) is 0 Å². The van der Waals surface area contributed by atoms with E-state index in [9.17, 15) is 4.79 Å². The van der Waals surface area contributed by atoms with E-state index in [4.69, 9.17) is 39.9 Å². The Kier molecular flexibility index (Phi) is 4.12. The summed E-state index contributed by atoms with van der Waals surface area (Å²) >= 11 is 15.6. The fraction of sp³-hybridized carbons (Fsp3) is 0.667. The predicted molar refractivity (Wildman–Crippen MR) is 37.4 cm³/mol. The van der Waals surface area contributed by atoms with E-state index < -0.39 is 9.89 Å². The number of rotatable bonds is 2. The van der Waals surface area contributed by atoms with Crippen LogP contribution >= 0.6 is 34.8 Å². The van der Waals surface area contributed by atoms with Gasteiger partial charge in [-0.25, -0.2) is 4.79 Å². The van der Waals surface area contributed by atoms with Gasteiger partial charge >= 0.3 is 6.09 Å². The van der Waals surface area contributed by atoms with E-state index >= 15 is 0 Å². The maximum atomic E-state index is 9.72. The predicted octanol–water partition coefficient (Wildman–Crippen LogP) is 1.56. The van der Waals surface area contributed by atoms with Gasteiger partial charge < -0.3 is 5.11 Å². The molecule has 0 bridgehead atoms. The summed E-state index contributed by atoms with van der Waals surface area (Å²) in [7, 11) is 0. The highest BCUT2D eigenvalue weighted by molar-refractivity contribution is 6.67. The molecule has 2 N–H and O–H groups in total. The van der Waals surface area contributed by atoms with Crippen LogP contribution in [0.1, 0.15) is 0 Å². The van der Waals surface area contributed by atoms with Crippen molar-refractivity contribution < 1.29 is 14.7 Å². The molecule has 0 saturated heterocycles. The Labute approximate surface area is 72.0 Å². The van der Waals surface area contributed by atoms with Gasteiger partial charge in [0.1, 0.15) is 6.61 Å². The van der Waals surface area contributed by atoms with Crippen LogP contribution in [0.3, 0.4) is 0 Å². The highest BCUT2D eigenvalue weighted by Gasteiger charge is 2.20. The molecule has 0 aromatic rings. The Morgan fingerprint density at radius 1 is 1.60 bits per heavy atom. The van der Waals surface area contributed by atoms with Crippen LogP contribution in [0.15, 0.2) is 0 Å². The van der Waals surface area contributed by atoms with Crippen molar-refractivity contribution in [3.63, 3.8) is 0 Å². The second-order valence-electron chi connectivity index (χ2n) is 1.31. The summed E-state index contributed by atoms with van der Waals surface area (Å²) in [6.07, 6.45) is -1.34. The second kappa shape index (κ2) is 4.08. The Hall–Kier alpha value is 0.1000. The normalized spacial score (nSPS) is 11.1. The van der Waals surface area contributed by atoms with Gasteiger partial charge in [-0.15, -0.1) is 0 Å². The minimum absolute atomic E-state index is 0.329. The van der Waals surface area contributed by atoms with Crippen molar-refractivity contribution in [2.24, 2.45) is 0 Å². The summed E-state index contributed by atoms with van der Waals surface area (Å²) < 4.78 is -1.59. The van der Waals surface area contributed by atoms with Gasteiger partial charge in [0, 0.05) is 0 Å². The molecule has 0 radical (unpaired) electrons. The highest BCUT2D eigenvalue weighted by Crippen LogP contribution is 2.25. The third-order valence-electron chi connectivity index (χ3n) is 0.395. The molecule has 0 aliphatic rings. The van der Waals surface area contributed by atoms with Gasteiger partial charge in [0.25, 0.3) is 0 Å². The molecule has 0 aliphatic heterocycles. The van der Waals surface area contributed by atoms with Crippen molar-refractivity contribution in [2.45, 2.75) is 3.79 Å². The van der Waals surface area contributed by atoms with Crippen molar-refractivity contribution >= 4 is 40.9 Å². The molecule has 0 unspecified atom stereocenters. The molecular weight excluding hydrogens is 204 g/mol. The van der Waals surface area contributed by atoms with Gasteiger partial charge in [0.2, 0.25) is 3.79 Å². The van der Waals surface area contributed by atoms with Crippen molar-refractivity contribution in [2.75, 3.05) is 6.61 Å². The smallest absolute Gasteiger partial charge is 0.428 e. The summed E-state index contributed by atoms with van der Waals surface area (Å²) in [5, 5.41) is 7.94. The van der Waals surface area contributed by atoms with Crippen LogP contribution in [0, 0.1) is 0 Å². The van der Waals surface area contributed by atoms with E-state index in [0.717, 1.165) is 0 Å². The summed E-state index contributed by atoms with van der Waals surface area (Å²) in [4.78, 5) is 13.9. The molecule has 0 aromatic carbocycles. The third-order valence-corrected chi connectivity index (χ3v) is 0.723. The number of amides is 1. The SMILES string of the molecule is O=C(O)NOCC(Cl)(Cl)Cl. The largest absolute Gasteiger partial charge is 0.464 e. The van der Waals surface area contributed by atoms with Gasteiger partial charge in [-0.3, -0.25) is 4.84 Å². The van der Waals surface area contributed by atoms with Crippen molar-refractivity contribution in [3.05, 3.63) is 0 Å². The Morgan fingerprint density at radius 2 is 2.10 bits per heavy atom. The fourth-order valence-corrected chi connectivity index (χ4v) is 0.343. The molecule has 0 fully saturated rings. The topological polar surface area (TPSA) is 58.6 Å². The lowest BCUT2D eigenvalue weighted by atomic mass is 10.8. The number of hydrogen-bond acceptors (Lipinski definition) is 2. The number of alkyl halides is 3. The zero-order valence-electron chi connectivity index (χ0n) is 4.60. The lowest BCUT2D eigenvalue weighted by molar-refractivity contribution is 0.0452. The number of hydroxylamine groups is 1. The monoisotopic (exact) mass is 207 g/mol. The molecule has 4 nitrogen and oxygen atoms in total. The standard InChI is InChI=1S/C3H4Cl3NO3/c4-3(5,6)1-10-7-2(8)9/h7H,1H2,(H,8,9). The van der Waals surface area contributed by atoms with Crippen LogP contribution < -0.4 is 5.48 Å². The molecular formula is C3H4Cl3NO3. The summed E-state index contributed by atoms with van der Waals surface area (Å²) in [5.41, 5.74) is 1.57. The maximum Gasteiger partial charge on any atom is 0.428 e. The summed E-state index contributed by atoms with van der Waals surface area (Å²) in [6, 6.07) is 0. The molecule has 10 heavy (non-hydrogen) atoms. The van der Waals surface area contributed by atoms with E-state index in [-0.39, 0.29) is 6.61 Å². The van der Waals surface area contributed by atoms with Crippen molar-refractivity contribution in [1.29, 1.82) is 0 Å². The quantitative estimate of drug-likeness (QED) is 0.535. The fourth-order valence-electron chi connectivity index (χ4n) is 0.180. The molecule has 0 aliphatic carbocycles. The first kappa shape index (κ1) is 10.1. The molecule has 7 heteroatoms. The number of nitrogens with one attached hydrogen (secondary N) is 1. The molecule has 0 aromatic heterocycles. The van der Waals surface area contributed by atoms with Gasteiger partial charge in [0.15, 0.2) is 0 Å². The minimum Gasteiger partial charge on any atom is -0.464 e. The number of carbonyl (C=O) groups is 1. The molecule has 60 valence electrons. The van der Waals surface area contributed by atoms with Crippen LogP contribution in [-0.2, 0) is 4.84 Å². The van der Waals surface area contributed by atoms with Gasteiger partial charge in [0.05, 0.1) is 0 Å². The summed E-state index contributed by atoms with van der Waals surface area (Å²) in [5.74, 6) is 0. The lowest BCUT2D eigenvalue weighted by Crippen LogP contribution is -2.26. The molecule has 0 heterocycles. The molecule has 1 amide bonds. The van der Waals surface area contributed by atoms with E-state index in [1.807, 2.05) is 0 Å². The number of hydrogen-bond donors (Lipinski definition) is 2. The van der Waals surface area contributed by atoms with Crippen LogP contribution in [-0.4, -0.2) is 21.6 Å². The zero-order valence-corrected chi connectivity index (χ0v) is 6.87. The Bertz CT molecular complexity index is 123. The van der Waals surface area contributed by atoms with Crippen molar-refractivity contribution in [1.82, 2.24) is 5.48 Å². The van der Waals surface area contributed by atoms with Crippen LogP contribution in [0.25, 0.3) is 0 Å². The first-order valence-corrected chi connectivity index (χ1v) is 3.22. The van der Waals surface area contributed by atoms with Gasteiger partial charge in [-0.2, -0.15) is 5.48 Å². The second-order valence-corrected chi connectivity index (χ2v) is 3.83. The van der Waals surface area contributed by atoms with Gasteiger partial charge in [-0.1, -0.05) is 34.8 Å². The number of carboxylic acid groups (broad SMARTS) is 1. The first-order valence-electron chi connectivity index (χ1n) is 2.09. The zero-order chi connectivity index (χ0) is 8.20. The minimum atomic E-state index is -1.59. The van der Waals surface area contributed by atoms with Gasteiger partial charge in [-0.05, 0) is 0 Å². The molecule has 0 atom stereocenters. The van der Waals surface area contributed by atoms with Crippen LogP contribution in [0.2, 0.25) is 0 Å². The lowest BCUT2D eigenvalue weighted by Gasteiger charge is -2.08. The Balaban J connectivity index is 3.29. The summed E-state index contributed by atoms with van der Waals surface area (Å²) in [6.45, 7) is -0.329. The van der Waals surface area contributed by atoms with Crippen LogP contribution in [0.4, 0.5) is 4.79 Å². The van der Waals surface area contributed by atoms with E-state index in [2.05, 4.69) is 4.84 Å². The molecule has 0 spiro atoms. The van der Waals surface area contributed by atoms with Crippen LogP contribution in [0.5, 0.6) is 0 Å². The highest BCUT2D eigenvalue weighted by atomic mass is 35.6. The maximum absolute atomic E-state index is 9.72. The number of halogens is 3. The third kappa shape index (κ3) is 8.10. The first-order chi connectivity index (χ1) is 4.42. The molecule has 0 saturated carbocycles. The Morgan fingerprint density at radius 3 is 2.40 bits per heavy atom.